The molecule has 4 heterocycles. The molecule has 0 radical (unpaired) electrons. The number of carbonyl (C=O) groups is 1. The highest BCUT2D eigenvalue weighted by Crippen LogP contribution is 2.38. The molecule has 4 aromatic heterocycles. The van der Waals surface area contributed by atoms with Crippen molar-refractivity contribution in [3.05, 3.63) is 122 Å². The fourth-order valence-corrected chi connectivity index (χ4v) is 5.08. The fraction of sp³-hybridized carbons (Fsp3) is 0.195. The molecule has 16 nitrogen and oxygen atoms in total. The minimum Gasteiger partial charge on any atom is -0.491 e. The summed E-state index contributed by atoms with van der Waals surface area (Å²) in [6.07, 6.45) is 5.29. The number of nitrogens with one attached hydrogen (secondary N) is 2. The molecule has 0 saturated heterocycles. The molecule has 7 aromatic rings. The number of nitrogens with two attached hydrogens (primary N) is 1. The Morgan fingerprint density at radius 2 is 1.20 bits per heavy atom. The molecule has 0 aliphatic rings. The summed E-state index contributed by atoms with van der Waals surface area (Å²) in [6, 6.07) is 19.5. The van der Waals surface area contributed by atoms with Gasteiger partial charge in [-0.3, -0.25) is 9.36 Å². The van der Waals surface area contributed by atoms with Gasteiger partial charge in [0, 0.05) is 73.9 Å². The van der Waals surface area contributed by atoms with Crippen molar-refractivity contribution in [2.24, 2.45) is 14.1 Å². The molecule has 0 aliphatic heterocycles. The lowest BCUT2D eigenvalue weighted by molar-refractivity contribution is -0.139. The highest BCUT2D eigenvalue weighted by molar-refractivity contribution is 5.99. The predicted molar refractivity (Wildman–Crippen MR) is 221 cm³/mol. The summed E-state index contributed by atoms with van der Waals surface area (Å²) in [7, 11) is 5.07. The number of carbonyl (C=O) groups excluding carboxylic acids is 1. The SMILES string of the molecule is C.C.COCCOc1ccc(NC(=O)Nc2ccc(Oc3cc(-c4cnn(C)c4)ncn3)cc2)cc1C(F)(F)F.Cn1cc(-c2cc(Oc3ccc(N)cc3)ncn2)cn1. The summed E-state index contributed by atoms with van der Waals surface area (Å²) in [5.41, 5.74) is 8.78. The first-order valence-electron chi connectivity index (χ1n) is 17.3. The zero-order valence-corrected chi connectivity index (χ0v) is 31.2. The van der Waals surface area contributed by atoms with Crippen LogP contribution in [-0.4, -0.2) is 65.9 Å². The van der Waals surface area contributed by atoms with E-state index in [2.05, 4.69) is 40.8 Å². The number of nitrogens with zero attached hydrogens (tertiary/aromatic N) is 8. The number of nitrogen functional groups attached to an aromatic ring is 1. The highest BCUT2D eigenvalue weighted by atomic mass is 19.4. The van der Waals surface area contributed by atoms with Crippen LogP contribution < -0.4 is 30.6 Å². The standard InChI is InChI=1S/C25H23F3N6O4.C14H13N5O.2CH4/c1-34-14-16(13-31-34)21-12-23(30-15-29-21)38-19-6-3-17(4-7-19)32-24(35)33-18-5-8-22(37-10-9-36-2)20(11-18)25(26,27)28;1-19-8-10(7-18-19)13-6-14(17-9-16-13)20-12-4-2-11(15)3-5-12;;/h3-8,11-15H,9-10H2,1-2H3,(H2,32,33,35);2-9H,15H2,1H3;2*1H4. The zero-order valence-electron chi connectivity index (χ0n) is 31.2. The van der Waals surface area contributed by atoms with Crippen LogP contribution in [-0.2, 0) is 25.0 Å². The number of urea groups is 1. The van der Waals surface area contributed by atoms with Crippen molar-refractivity contribution in [1.29, 1.82) is 0 Å². The lowest BCUT2D eigenvalue weighted by Crippen LogP contribution is -2.20. The summed E-state index contributed by atoms with van der Waals surface area (Å²) >= 11 is 0. The topological polar surface area (TPSA) is 191 Å². The van der Waals surface area contributed by atoms with Crippen molar-refractivity contribution in [1.82, 2.24) is 39.5 Å². The van der Waals surface area contributed by atoms with Crippen molar-refractivity contribution in [3.63, 3.8) is 0 Å². The average molecular weight is 828 g/mol. The molecule has 0 atom stereocenters. The van der Waals surface area contributed by atoms with E-state index in [4.69, 9.17) is 24.7 Å². The number of methoxy groups -OCH3 is 1. The molecule has 4 N–H and O–H groups in total. The molecule has 0 spiro atoms. The van der Waals surface area contributed by atoms with Crippen molar-refractivity contribution >= 4 is 23.1 Å². The number of ether oxygens (including phenoxy) is 4. The summed E-state index contributed by atoms with van der Waals surface area (Å²) in [6.45, 7) is 0.0878. The molecule has 2 amide bonds. The van der Waals surface area contributed by atoms with Crippen LogP contribution in [0.2, 0.25) is 0 Å². The Bertz CT molecular complexity index is 2440. The summed E-state index contributed by atoms with van der Waals surface area (Å²) in [5, 5.41) is 13.2. The quantitative estimate of drug-likeness (QED) is 0.0784. The van der Waals surface area contributed by atoms with E-state index in [1.807, 2.05) is 19.4 Å². The maximum Gasteiger partial charge on any atom is 0.420 e. The lowest BCUT2D eigenvalue weighted by Gasteiger charge is -2.16. The Labute approximate surface area is 344 Å². The Morgan fingerprint density at radius 3 is 1.68 bits per heavy atom. The van der Waals surface area contributed by atoms with E-state index >= 15 is 0 Å². The van der Waals surface area contributed by atoms with Gasteiger partial charge in [-0.1, -0.05) is 14.9 Å². The second-order valence-corrected chi connectivity index (χ2v) is 12.2. The van der Waals surface area contributed by atoms with Gasteiger partial charge >= 0.3 is 12.2 Å². The minimum absolute atomic E-state index is 0. The first-order valence-corrected chi connectivity index (χ1v) is 17.3. The van der Waals surface area contributed by atoms with Gasteiger partial charge in [-0.05, 0) is 66.7 Å². The van der Waals surface area contributed by atoms with E-state index in [9.17, 15) is 18.0 Å². The molecule has 19 heteroatoms. The monoisotopic (exact) mass is 827 g/mol. The average Bonchev–Trinajstić information content (AvgIpc) is 3.85. The van der Waals surface area contributed by atoms with E-state index < -0.39 is 17.8 Å². The third-order valence-corrected chi connectivity index (χ3v) is 7.81. The maximum atomic E-state index is 13.5. The van der Waals surface area contributed by atoms with E-state index in [1.165, 1.54) is 25.8 Å². The van der Waals surface area contributed by atoms with Gasteiger partial charge in [0.15, 0.2) is 0 Å². The summed E-state index contributed by atoms with van der Waals surface area (Å²) in [4.78, 5) is 29.0. The molecule has 0 bridgehead atoms. The van der Waals surface area contributed by atoms with Crippen molar-refractivity contribution < 1.29 is 36.9 Å². The number of hydrogen-bond acceptors (Lipinski definition) is 12. The Balaban J connectivity index is 0.000000304. The van der Waals surface area contributed by atoms with Crippen molar-refractivity contribution in [2.75, 3.05) is 36.7 Å². The van der Waals surface area contributed by atoms with E-state index in [-0.39, 0.29) is 39.5 Å². The Hall–Kier alpha value is -7.54. The molecule has 0 aliphatic carbocycles. The first-order chi connectivity index (χ1) is 27.9. The van der Waals surface area contributed by atoms with Crippen LogP contribution in [0.25, 0.3) is 22.5 Å². The third-order valence-electron chi connectivity index (χ3n) is 7.81. The second-order valence-electron chi connectivity index (χ2n) is 12.2. The van der Waals surface area contributed by atoms with Crippen LogP contribution in [0, 0.1) is 0 Å². The van der Waals surface area contributed by atoms with Crippen LogP contribution in [0.1, 0.15) is 20.4 Å². The maximum absolute atomic E-state index is 13.5. The number of amides is 2. The molecule has 0 fully saturated rings. The van der Waals surface area contributed by atoms with Crippen molar-refractivity contribution in [2.45, 2.75) is 21.0 Å². The number of halogens is 3. The Morgan fingerprint density at radius 1 is 0.700 bits per heavy atom. The smallest absolute Gasteiger partial charge is 0.420 e. The van der Waals surface area contributed by atoms with Crippen LogP contribution >= 0.6 is 0 Å². The number of aryl methyl sites for hydroxylation is 2. The molecule has 60 heavy (non-hydrogen) atoms. The number of rotatable bonds is 12. The Kier molecular flexibility index (Phi) is 15.6. The molecule has 0 unspecified atom stereocenters. The number of anilines is 3. The normalized spacial score (nSPS) is 10.6. The summed E-state index contributed by atoms with van der Waals surface area (Å²) < 4.78 is 65.1. The minimum atomic E-state index is -4.67. The molecular weight excluding hydrogens is 784 g/mol. The lowest BCUT2D eigenvalue weighted by atomic mass is 10.1. The number of aromatic nitrogens is 8. The van der Waals surface area contributed by atoms with E-state index in [0.717, 1.165) is 29.0 Å². The van der Waals surface area contributed by atoms with Crippen LogP contribution in [0.5, 0.6) is 29.0 Å². The van der Waals surface area contributed by atoms with Crippen molar-refractivity contribution in [3.8, 4) is 51.5 Å². The largest absolute Gasteiger partial charge is 0.491 e. The van der Waals surface area contributed by atoms with E-state index in [1.54, 1.807) is 89.5 Å². The van der Waals surface area contributed by atoms with Gasteiger partial charge in [0.2, 0.25) is 11.8 Å². The van der Waals surface area contributed by atoms with Gasteiger partial charge < -0.3 is 35.3 Å². The molecular formula is C41H44F3N11O5. The fourth-order valence-electron chi connectivity index (χ4n) is 5.08. The molecule has 314 valence electrons. The van der Waals surface area contributed by atoms with Gasteiger partial charge in [-0.15, -0.1) is 0 Å². The first kappa shape index (κ1) is 45.2. The molecule has 0 saturated carbocycles. The molecule has 7 rings (SSSR count). The summed E-state index contributed by atoms with van der Waals surface area (Å²) in [5.74, 6) is 1.56. The number of benzene rings is 3. The van der Waals surface area contributed by atoms with Gasteiger partial charge in [0.1, 0.15) is 36.5 Å². The van der Waals surface area contributed by atoms with Gasteiger partial charge in [0.25, 0.3) is 0 Å². The second kappa shape index (κ2) is 20.8. The highest BCUT2D eigenvalue weighted by Gasteiger charge is 2.35. The molecule has 3 aromatic carbocycles. The van der Waals surface area contributed by atoms with Crippen LogP contribution in [0.3, 0.4) is 0 Å². The van der Waals surface area contributed by atoms with Crippen LogP contribution in [0.15, 0.2) is 116 Å². The van der Waals surface area contributed by atoms with Gasteiger partial charge in [-0.25, -0.2) is 24.7 Å². The number of alkyl halides is 3. The van der Waals surface area contributed by atoms with Gasteiger partial charge in [-0.2, -0.15) is 23.4 Å². The van der Waals surface area contributed by atoms with E-state index in [0.29, 0.717) is 40.3 Å². The third kappa shape index (κ3) is 12.7. The number of hydrogen-bond donors (Lipinski definition) is 3. The van der Waals surface area contributed by atoms with Crippen LogP contribution in [0.4, 0.5) is 35.0 Å². The predicted octanol–water partition coefficient (Wildman–Crippen LogP) is 8.88. The zero-order chi connectivity index (χ0) is 41.1. The van der Waals surface area contributed by atoms with Gasteiger partial charge in [0.05, 0.1) is 36.0 Å².